The van der Waals surface area contributed by atoms with Gasteiger partial charge in [0.15, 0.2) is 0 Å². The van der Waals surface area contributed by atoms with E-state index in [0.717, 1.165) is 19.2 Å². The second-order valence-corrected chi connectivity index (χ2v) is 3.37. The molecule has 0 amide bonds. The maximum absolute atomic E-state index is 4.99. The average Bonchev–Trinajstić information content (AvgIpc) is 1.84. The third-order valence-corrected chi connectivity index (χ3v) is 2.28. The van der Waals surface area contributed by atoms with Crippen LogP contribution in [0.1, 0.15) is 0 Å². The Hall–Kier alpha value is -0.120. The maximum atomic E-state index is 4.99. The molecule has 1 heterocycles. The van der Waals surface area contributed by atoms with Gasteiger partial charge in [-0.25, -0.2) is 0 Å². The van der Waals surface area contributed by atoms with E-state index in [4.69, 9.17) is 4.74 Å². The van der Waals surface area contributed by atoms with Crippen molar-refractivity contribution < 1.29 is 4.74 Å². The molecule has 0 N–H and O–H groups in total. The number of likely N-dealkylation sites (N-methyl/N-ethyl adjacent to an activating group) is 1. The summed E-state index contributed by atoms with van der Waals surface area (Å²) in [7, 11) is 6.03. The number of likely N-dealkylation sites (tertiary alicyclic amines) is 1. The molecule has 1 rings (SSSR count). The third kappa shape index (κ3) is 2.43. The van der Waals surface area contributed by atoms with Crippen LogP contribution in [0.15, 0.2) is 0 Å². The molecule has 0 atom stereocenters. The van der Waals surface area contributed by atoms with E-state index < -0.39 is 0 Å². The van der Waals surface area contributed by atoms with Crippen LogP contribution in [0, 0.1) is 0 Å². The second-order valence-electron chi connectivity index (χ2n) is 3.37. The van der Waals surface area contributed by atoms with Crippen LogP contribution in [0.3, 0.4) is 0 Å². The molecule has 11 heavy (non-hydrogen) atoms. The minimum Gasteiger partial charge on any atom is -0.383 e. The highest BCUT2D eigenvalue weighted by atomic mass is 16.5. The van der Waals surface area contributed by atoms with E-state index in [0.29, 0.717) is 0 Å². The Morgan fingerprint density at radius 3 is 2.55 bits per heavy atom. The molecule has 1 aliphatic heterocycles. The predicted octanol–water partition coefficient (Wildman–Crippen LogP) is -0.121. The zero-order chi connectivity index (χ0) is 8.27. The van der Waals surface area contributed by atoms with Gasteiger partial charge in [-0.2, -0.15) is 0 Å². The van der Waals surface area contributed by atoms with E-state index in [1.807, 2.05) is 0 Å². The van der Waals surface area contributed by atoms with Crippen molar-refractivity contribution in [1.82, 2.24) is 9.80 Å². The zero-order valence-corrected chi connectivity index (χ0v) is 7.71. The van der Waals surface area contributed by atoms with Crippen LogP contribution in [0.5, 0.6) is 0 Å². The van der Waals surface area contributed by atoms with E-state index in [1.54, 1.807) is 7.11 Å². The first-order valence-electron chi connectivity index (χ1n) is 4.11. The molecule has 0 aromatic carbocycles. The summed E-state index contributed by atoms with van der Waals surface area (Å²) >= 11 is 0. The van der Waals surface area contributed by atoms with Crippen molar-refractivity contribution in [2.24, 2.45) is 0 Å². The number of hydrogen-bond donors (Lipinski definition) is 0. The van der Waals surface area contributed by atoms with Gasteiger partial charge in [-0.05, 0) is 14.1 Å². The molecule has 0 radical (unpaired) electrons. The number of hydrogen-bond acceptors (Lipinski definition) is 3. The molecular weight excluding hydrogens is 140 g/mol. The summed E-state index contributed by atoms with van der Waals surface area (Å²) in [6.07, 6.45) is 0. The van der Waals surface area contributed by atoms with Gasteiger partial charge in [0.2, 0.25) is 0 Å². The summed E-state index contributed by atoms with van der Waals surface area (Å²) in [6, 6.07) is 0.770. The molecule has 66 valence electrons. The molecule has 0 aromatic heterocycles. The molecule has 0 aliphatic carbocycles. The lowest BCUT2D eigenvalue weighted by Crippen LogP contribution is -2.57. The van der Waals surface area contributed by atoms with Gasteiger partial charge in [0.25, 0.3) is 0 Å². The van der Waals surface area contributed by atoms with Gasteiger partial charge in [-0.15, -0.1) is 0 Å². The lowest BCUT2D eigenvalue weighted by molar-refractivity contribution is 0.0410. The largest absolute Gasteiger partial charge is 0.383 e. The predicted molar refractivity (Wildman–Crippen MR) is 45.8 cm³/mol. The summed E-state index contributed by atoms with van der Waals surface area (Å²) < 4.78 is 4.99. The van der Waals surface area contributed by atoms with Gasteiger partial charge in [0, 0.05) is 32.8 Å². The number of rotatable bonds is 4. The topological polar surface area (TPSA) is 15.7 Å². The summed E-state index contributed by atoms with van der Waals surface area (Å²) in [4.78, 5) is 4.69. The standard InChI is InChI=1S/C8H18N2O/c1-9(2)8-6-10(7-8)4-5-11-3/h8H,4-7H2,1-3H3. The number of methoxy groups -OCH3 is 1. The zero-order valence-electron chi connectivity index (χ0n) is 7.71. The van der Waals surface area contributed by atoms with Crippen LogP contribution in [0.2, 0.25) is 0 Å². The average molecular weight is 158 g/mol. The Morgan fingerprint density at radius 1 is 1.45 bits per heavy atom. The molecule has 0 saturated carbocycles. The van der Waals surface area contributed by atoms with Crippen molar-refractivity contribution in [3.8, 4) is 0 Å². The lowest BCUT2D eigenvalue weighted by Gasteiger charge is -2.42. The minimum absolute atomic E-state index is 0.770. The normalized spacial score (nSPS) is 20.7. The smallest absolute Gasteiger partial charge is 0.0589 e. The molecule has 0 unspecified atom stereocenters. The van der Waals surface area contributed by atoms with Crippen molar-refractivity contribution in [3.05, 3.63) is 0 Å². The Kier molecular flexibility index (Phi) is 3.30. The van der Waals surface area contributed by atoms with Crippen molar-refractivity contribution in [2.45, 2.75) is 6.04 Å². The Morgan fingerprint density at radius 2 is 2.09 bits per heavy atom. The van der Waals surface area contributed by atoms with E-state index in [-0.39, 0.29) is 0 Å². The van der Waals surface area contributed by atoms with Gasteiger partial charge >= 0.3 is 0 Å². The van der Waals surface area contributed by atoms with E-state index in [2.05, 4.69) is 23.9 Å². The van der Waals surface area contributed by atoms with Crippen LogP contribution < -0.4 is 0 Å². The van der Waals surface area contributed by atoms with Crippen LogP contribution in [-0.2, 0) is 4.74 Å². The molecule has 1 saturated heterocycles. The lowest BCUT2D eigenvalue weighted by atomic mass is 10.1. The van der Waals surface area contributed by atoms with Gasteiger partial charge in [0.1, 0.15) is 0 Å². The molecule has 3 nitrogen and oxygen atoms in total. The van der Waals surface area contributed by atoms with Crippen molar-refractivity contribution in [3.63, 3.8) is 0 Å². The Bertz CT molecular complexity index is 111. The van der Waals surface area contributed by atoms with Gasteiger partial charge < -0.3 is 9.64 Å². The highest BCUT2D eigenvalue weighted by Crippen LogP contribution is 2.10. The first-order valence-corrected chi connectivity index (χ1v) is 4.11. The molecule has 1 aliphatic rings. The second kappa shape index (κ2) is 4.04. The molecule has 0 spiro atoms. The first-order chi connectivity index (χ1) is 5.24. The van der Waals surface area contributed by atoms with E-state index in [1.165, 1.54) is 13.1 Å². The number of nitrogens with zero attached hydrogens (tertiary/aromatic N) is 2. The van der Waals surface area contributed by atoms with Gasteiger partial charge in [-0.1, -0.05) is 0 Å². The minimum atomic E-state index is 0.770. The van der Waals surface area contributed by atoms with Crippen molar-refractivity contribution in [1.29, 1.82) is 0 Å². The molecule has 1 fully saturated rings. The Balaban J connectivity index is 2.00. The van der Waals surface area contributed by atoms with E-state index in [9.17, 15) is 0 Å². The fraction of sp³-hybridized carbons (Fsp3) is 1.00. The summed E-state index contributed by atoms with van der Waals surface area (Å²) in [6.45, 7) is 4.35. The molecule has 0 bridgehead atoms. The van der Waals surface area contributed by atoms with Gasteiger partial charge in [0.05, 0.1) is 6.61 Å². The van der Waals surface area contributed by atoms with Crippen LogP contribution >= 0.6 is 0 Å². The monoisotopic (exact) mass is 158 g/mol. The first kappa shape index (κ1) is 8.97. The van der Waals surface area contributed by atoms with Crippen LogP contribution in [-0.4, -0.2) is 63.3 Å². The third-order valence-electron chi connectivity index (χ3n) is 2.28. The fourth-order valence-electron chi connectivity index (χ4n) is 1.27. The van der Waals surface area contributed by atoms with Gasteiger partial charge in [-0.3, -0.25) is 4.90 Å². The molecule has 0 aromatic rings. The molecule has 3 heteroatoms. The maximum Gasteiger partial charge on any atom is 0.0589 e. The quantitative estimate of drug-likeness (QED) is 0.567. The van der Waals surface area contributed by atoms with Crippen LogP contribution in [0.25, 0.3) is 0 Å². The summed E-state index contributed by atoms with van der Waals surface area (Å²) in [5.41, 5.74) is 0. The summed E-state index contributed by atoms with van der Waals surface area (Å²) in [5, 5.41) is 0. The van der Waals surface area contributed by atoms with Crippen molar-refractivity contribution in [2.75, 3.05) is 47.4 Å². The highest BCUT2D eigenvalue weighted by molar-refractivity contribution is 4.84. The summed E-state index contributed by atoms with van der Waals surface area (Å²) in [5.74, 6) is 0. The SMILES string of the molecule is COCCN1CC(N(C)C)C1. The number of ether oxygens (including phenoxy) is 1. The van der Waals surface area contributed by atoms with Crippen LogP contribution in [0.4, 0.5) is 0 Å². The molecular formula is C8H18N2O. The van der Waals surface area contributed by atoms with E-state index >= 15 is 0 Å². The Labute approximate surface area is 68.9 Å². The fourth-order valence-corrected chi connectivity index (χ4v) is 1.27. The van der Waals surface area contributed by atoms with Crippen molar-refractivity contribution >= 4 is 0 Å². The highest BCUT2D eigenvalue weighted by Gasteiger charge is 2.27.